The van der Waals surface area contributed by atoms with E-state index in [1.165, 1.54) is 6.07 Å². The number of rotatable bonds is 5. The van der Waals surface area contributed by atoms with E-state index in [1.54, 1.807) is 54.6 Å². The van der Waals surface area contributed by atoms with E-state index < -0.39 is 11.8 Å². The van der Waals surface area contributed by atoms with Crippen LogP contribution < -0.4 is 4.74 Å². The summed E-state index contributed by atoms with van der Waals surface area (Å²) in [6.07, 6.45) is 0.619. The number of carbonyl (C=O) groups is 2. The fourth-order valence-corrected chi connectivity index (χ4v) is 2.57. The van der Waals surface area contributed by atoms with Crippen molar-refractivity contribution in [1.29, 1.82) is 0 Å². The number of hydrogen-bond donors (Lipinski definition) is 0. The van der Waals surface area contributed by atoms with Crippen LogP contribution in [0.2, 0.25) is 0 Å². The second-order valence-electron chi connectivity index (χ2n) is 5.81. The minimum absolute atomic E-state index is 0.110. The molecule has 0 amide bonds. The van der Waals surface area contributed by atoms with E-state index in [-0.39, 0.29) is 11.3 Å². The van der Waals surface area contributed by atoms with Crippen molar-refractivity contribution in [3.8, 4) is 5.75 Å². The molecule has 130 valence electrons. The Labute approximate surface area is 151 Å². The molecule has 0 aromatic heterocycles. The van der Waals surface area contributed by atoms with Crippen LogP contribution in [0.3, 0.4) is 0 Å². The molecule has 0 heterocycles. The maximum Gasteiger partial charge on any atom is 0.343 e. The van der Waals surface area contributed by atoms with E-state index in [4.69, 9.17) is 4.74 Å². The molecule has 0 aliphatic rings. The van der Waals surface area contributed by atoms with Crippen LogP contribution in [0.15, 0.2) is 72.8 Å². The molecule has 0 aliphatic heterocycles. The van der Waals surface area contributed by atoms with Gasteiger partial charge in [0.15, 0.2) is 5.78 Å². The van der Waals surface area contributed by atoms with Crippen LogP contribution in [0.5, 0.6) is 5.75 Å². The lowest BCUT2D eigenvalue weighted by Gasteiger charge is -2.07. The van der Waals surface area contributed by atoms with Crippen LogP contribution in [0, 0.1) is 5.82 Å². The highest BCUT2D eigenvalue weighted by Gasteiger charge is 2.13. The molecule has 3 nitrogen and oxygen atoms in total. The summed E-state index contributed by atoms with van der Waals surface area (Å²) in [6, 6.07) is 19.4. The molecule has 0 spiro atoms. The number of ether oxygens (including phenoxy) is 1. The zero-order valence-corrected chi connectivity index (χ0v) is 14.2. The Morgan fingerprint density at radius 1 is 0.846 bits per heavy atom. The Morgan fingerprint density at radius 3 is 2.15 bits per heavy atom. The zero-order valence-electron chi connectivity index (χ0n) is 14.2. The van der Waals surface area contributed by atoms with Gasteiger partial charge >= 0.3 is 5.97 Å². The third-order valence-electron chi connectivity index (χ3n) is 3.96. The third-order valence-corrected chi connectivity index (χ3v) is 3.96. The highest BCUT2D eigenvalue weighted by molar-refractivity contribution is 6.09. The predicted octanol–water partition coefficient (Wildman–Crippen LogP) is 4.84. The first-order valence-electron chi connectivity index (χ1n) is 8.28. The predicted molar refractivity (Wildman–Crippen MR) is 97.1 cm³/mol. The molecule has 0 unspecified atom stereocenters. The number of hydrogen-bond acceptors (Lipinski definition) is 3. The normalized spacial score (nSPS) is 10.4. The van der Waals surface area contributed by atoms with E-state index in [2.05, 4.69) is 0 Å². The summed E-state index contributed by atoms with van der Waals surface area (Å²) < 4.78 is 18.8. The number of ketones is 1. The van der Waals surface area contributed by atoms with Gasteiger partial charge < -0.3 is 4.74 Å². The van der Waals surface area contributed by atoms with Gasteiger partial charge in [-0.25, -0.2) is 9.18 Å². The van der Waals surface area contributed by atoms with Gasteiger partial charge in [-0.2, -0.15) is 0 Å². The van der Waals surface area contributed by atoms with Crippen molar-refractivity contribution >= 4 is 11.8 Å². The Bertz CT molecular complexity index is 931. The minimum Gasteiger partial charge on any atom is -0.423 e. The smallest absolute Gasteiger partial charge is 0.343 e. The van der Waals surface area contributed by atoms with E-state index in [0.29, 0.717) is 23.3 Å². The standard InChI is InChI=1S/C22H17FO3/c1-2-15-12-18(14-19(23)13-15)22(25)26-20-10-8-17(9-11-20)21(24)16-6-4-3-5-7-16/h3-14H,2H2,1H3. The molecule has 0 fully saturated rings. The van der Waals surface area contributed by atoms with Crippen molar-refractivity contribution in [3.63, 3.8) is 0 Å². The molecule has 3 aromatic carbocycles. The summed E-state index contributed by atoms with van der Waals surface area (Å²) in [7, 11) is 0. The lowest BCUT2D eigenvalue weighted by molar-refractivity contribution is 0.0734. The average molecular weight is 348 g/mol. The molecule has 4 heteroatoms. The van der Waals surface area contributed by atoms with Gasteiger partial charge in [0.25, 0.3) is 0 Å². The van der Waals surface area contributed by atoms with Gasteiger partial charge in [-0.15, -0.1) is 0 Å². The Balaban J connectivity index is 1.74. The lowest BCUT2D eigenvalue weighted by Crippen LogP contribution is -2.10. The van der Waals surface area contributed by atoms with Crippen molar-refractivity contribution < 1.29 is 18.7 Å². The first-order valence-corrected chi connectivity index (χ1v) is 8.28. The SMILES string of the molecule is CCc1cc(F)cc(C(=O)Oc2ccc(C(=O)c3ccccc3)cc2)c1. The molecule has 3 rings (SSSR count). The maximum absolute atomic E-state index is 13.6. The van der Waals surface area contributed by atoms with Crippen molar-refractivity contribution in [2.75, 3.05) is 0 Å². The molecule has 0 saturated carbocycles. The van der Waals surface area contributed by atoms with Gasteiger partial charge in [0, 0.05) is 11.1 Å². The van der Waals surface area contributed by atoms with Crippen molar-refractivity contribution in [2.24, 2.45) is 0 Å². The summed E-state index contributed by atoms with van der Waals surface area (Å²) in [5.74, 6) is -0.926. The summed E-state index contributed by atoms with van der Waals surface area (Å²) in [5.41, 5.74) is 1.96. The monoisotopic (exact) mass is 348 g/mol. The van der Waals surface area contributed by atoms with Gasteiger partial charge in [-0.3, -0.25) is 4.79 Å². The first-order chi connectivity index (χ1) is 12.6. The largest absolute Gasteiger partial charge is 0.423 e. The van der Waals surface area contributed by atoms with Gasteiger partial charge in [0.2, 0.25) is 0 Å². The number of halogens is 1. The van der Waals surface area contributed by atoms with Crippen LogP contribution in [-0.2, 0) is 6.42 Å². The van der Waals surface area contributed by atoms with Crippen molar-refractivity contribution in [1.82, 2.24) is 0 Å². The highest BCUT2D eigenvalue weighted by Crippen LogP contribution is 2.18. The molecule has 0 radical (unpaired) electrons. The molecule has 3 aromatic rings. The van der Waals surface area contributed by atoms with Crippen LogP contribution in [0.25, 0.3) is 0 Å². The summed E-state index contributed by atoms with van der Waals surface area (Å²) in [6.45, 7) is 1.88. The third kappa shape index (κ3) is 4.03. The molecule has 26 heavy (non-hydrogen) atoms. The summed E-state index contributed by atoms with van der Waals surface area (Å²) in [4.78, 5) is 24.6. The molecule has 0 saturated heterocycles. The maximum atomic E-state index is 13.6. The average Bonchev–Trinajstić information content (AvgIpc) is 2.68. The van der Waals surface area contributed by atoms with Gasteiger partial charge in [0.05, 0.1) is 5.56 Å². The Hall–Kier alpha value is -3.27. The topological polar surface area (TPSA) is 43.4 Å². The van der Waals surface area contributed by atoms with Crippen LogP contribution in [0.4, 0.5) is 4.39 Å². The fraction of sp³-hybridized carbons (Fsp3) is 0.0909. The molecular weight excluding hydrogens is 331 g/mol. The van der Waals surface area contributed by atoms with Crippen LogP contribution in [-0.4, -0.2) is 11.8 Å². The molecular formula is C22H17FO3. The second kappa shape index (κ2) is 7.74. The van der Waals surface area contributed by atoms with E-state index in [0.717, 1.165) is 11.6 Å². The number of benzene rings is 3. The first kappa shape index (κ1) is 17.5. The summed E-state index contributed by atoms with van der Waals surface area (Å²) in [5, 5.41) is 0. The molecule has 0 aliphatic carbocycles. The second-order valence-corrected chi connectivity index (χ2v) is 5.81. The Kier molecular flexibility index (Phi) is 5.23. The Morgan fingerprint density at radius 2 is 1.50 bits per heavy atom. The molecule has 0 bridgehead atoms. The van der Waals surface area contributed by atoms with Gasteiger partial charge in [0.1, 0.15) is 11.6 Å². The van der Waals surface area contributed by atoms with E-state index in [1.807, 2.05) is 13.0 Å². The molecule has 0 atom stereocenters. The number of carbonyl (C=O) groups excluding carboxylic acids is 2. The molecule has 0 N–H and O–H groups in total. The quantitative estimate of drug-likeness (QED) is 0.376. The zero-order chi connectivity index (χ0) is 18.5. The van der Waals surface area contributed by atoms with Crippen molar-refractivity contribution in [2.45, 2.75) is 13.3 Å². The van der Waals surface area contributed by atoms with Gasteiger partial charge in [-0.1, -0.05) is 37.3 Å². The van der Waals surface area contributed by atoms with Gasteiger partial charge in [-0.05, 0) is 54.4 Å². The number of aryl methyl sites for hydroxylation is 1. The minimum atomic E-state index is -0.638. The van der Waals surface area contributed by atoms with Crippen molar-refractivity contribution in [3.05, 3.63) is 101 Å². The van der Waals surface area contributed by atoms with E-state index >= 15 is 0 Å². The van der Waals surface area contributed by atoms with E-state index in [9.17, 15) is 14.0 Å². The highest BCUT2D eigenvalue weighted by atomic mass is 19.1. The summed E-state index contributed by atoms with van der Waals surface area (Å²) >= 11 is 0. The lowest BCUT2D eigenvalue weighted by atomic mass is 10.0. The van der Waals surface area contributed by atoms with Crippen LogP contribution in [0.1, 0.15) is 38.8 Å². The van der Waals surface area contributed by atoms with Crippen LogP contribution >= 0.6 is 0 Å². The fourth-order valence-electron chi connectivity index (χ4n) is 2.57. The number of esters is 1.